The summed E-state index contributed by atoms with van der Waals surface area (Å²) in [6.45, 7) is 0. The fourth-order valence-corrected chi connectivity index (χ4v) is 4.35. The van der Waals surface area contributed by atoms with E-state index >= 15 is 0 Å². The standard InChI is InChI=1S/C21H14F3NOS/c22-21(23,24)15-12-10-14(11-13-15)20-25(16-6-2-1-3-7-16)19(26)17-8-4-5-9-18(17)27-20/h1-13,20H. The topological polar surface area (TPSA) is 20.3 Å². The fourth-order valence-electron chi connectivity index (χ4n) is 3.05. The number of nitrogens with zero attached hydrogens (tertiary/aromatic N) is 1. The number of alkyl halides is 3. The molecule has 1 unspecified atom stereocenters. The smallest absolute Gasteiger partial charge is 0.291 e. The van der Waals surface area contributed by atoms with Gasteiger partial charge in [0.15, 0.2) is 0 Å². The number of thioether (sulfide) groups is 1. The highest BCUT2D eigenvalue weighted by Crippen LogP contribution is 2.46. The molecule has 3 aromatic rings. The van der Waals surface area contributed by atoms with Gasteiger partial charge in [0.05, 0.1) is 11.1 Å². The van der Waals surface area contributed by atoms with Crippen LogP contribution in [0.1, 0.15) is 26.9 Å². The molecule has 0 radical (unpaired) electrons. The normalized spacial score (nSPS) is 16.9. The number of para-hydroxylation sites is 1. The summed E-state index contributed by atoms with van der Waals surface area (Å²) < 4.78 is 38.7. The molecule has 4 rings (SSSR count). The highest BCUT2D eigenvalue weighted by atomic mass is 32.2. The van der Waals surface area contributed by atoms with Gasteiger partial charge in [-0.3, -0.25) is 9.69 Å². The van der Waals surface area contributed by atoms with Crippen molar-refractivity contribution in [2.45, 2.75) is 16.4 Å². The zero-order valence-electron chi connectivity index (χ0n) is 14.0. The van der Waals surface area contributed by atoms with Gasteiger partial charge >= 0.3 is 6.18 Å². The van der Waals surface area contributed by atoms with Crippen LogP contribution in [0.5, 0.6) is 0 Å². The number of carbonyl (C=O) groups is 1. The van der Waals surface area contributed by atoms with E-state index in [1.54, 1.807) is 17.0 Å². The Hall–Kier alpha value is -2.73. The molecule has 136 valence electrons. The minimum absolute atomic E-state index is 0.166. The summed E-state index contributed by atoms with van der Waals surface area (Å²) in [6.07, 6.45) is -4.39. The molecule has 0 fully saturated rings. The lowest BCUT2D eigenvalue weighted by atomic mass is 10.1. The van der Waals surface area contributed by atoms with Crippen molar-refractivity contribution >= 4 is 23.4 Å². The number of hydrogen-bond donors (Lipinski definition) is 0. The molecule has 3 aromatic carbocycles. The molecule has 0 aliphatic carbocycles. The Bertz CT molecular complexity index is 971. The Morgan fingerprint density at radius 1 is 0.815 bits per heavy atom. The van der Waals surface area contributed by atoms with Crippen molar-refractivity contribution in [1.29, 1.82) is 0 Å². The Kier molecular flexibility index (Phi) is 4.44. The molecule has 0 saturated carbocycles. The van der Waals surface area contributed by atoms with Crippen molar-refractivity contribution in [3.63, 3.8) is 0 Å². The van der Waals surface area contributed by atoms with Gasteiger partial charge in [0.1, 0.15) is 5.37 Å². The first-order chi connectivity index (χ1) is 12.9. The molecule has 6 heteroatoms. The third kappa shape index (κ3) is 3.32. The summed E-state index contributed by atoms with van der Waals surface area (Å²) >= 11 is 1.45. The Morgan fingerprint density at radius 2 is 1.44 bits per heavy atom. The second-order valence-corrected chi connectivity index (χ2v) is 7.22. The number of amides is 1. The average molecular weight is 385 g/mol. The first-order valence-electron chi connectivity index (χ1n) is 8.26. The first kappa shape index (κ1) is 17.7. The quantitative estimate of drug-likeness (QED) is 0.527. The van der Waals surface area contributed by atoms with Crippen LogP contribution in [0.3, 0.4) is 0 Å². The van der Waals surface area contributed by atoms with E-state index in [1.165, 1.54) is 23.9 Å². The number of hydrogen-bond acceptors (Lipinski definition) is 2. The Labute approximate surface area is 158 Å². The van der Waals surface area contributed by atoms with Gasteiger partial charge in [-0.05, 0) is 42.0 Å². The second-order valence-electron chi connectivity index (χ2n) is 6.10. The summed E-state index contributed by atoms with van der Waals surface area (Å²) in [5.41, 5.74) is 1.23. The second kappa shape index (κ2) is 6.78. The molecule has 1 atom stereocenters. The highest BCUT2D eigenvalue weighted by molar-refractivity contribution is 7.99. The predicted molar refractivity (Wildman–Crippen MR) is 99.7 cm³/mol. The van der Waals surface area contributed by atoms with Gasteiger partial charge < -0.3 is 0 Å². The third-order valence-electron chi connectivity index (χ3n) is 4.37. The van der Waals surface area contributed by atoms with Crippen LogP contribution < -0.4 is 4.90 Å². The van der Waals surface area contributed by atoms with Crippen LogP contribution in [0, 0.1) is 0 Å². The first-order valence-corrected chi connectivity index (χ1v) is 9.14. The summed E-state index contributed by atoms with van der Waals surface area (Å²) in [7, 11) is 0. The number of fused-ring (bicyclic) bond motifs is 1. The zero-order valence-corrected chi connectivity index (χ0v) is 14.8. The van der Waals surface area contributed by atoms with Gasteiger partial charge in [-0.25, -0.2) is 0 Å². The average Bonchev–Trinajstić information content (AvgIpc) is 2.68. The van der Waals surface area contributed by atoms with Gasteiger partial charge in [0.2, 0.25) is 0 Å². The number of anilines is 1. The van der Waals surface area contributed by atoms with Crippen LogP contribution >= 0.6 is 11.8 Å². The molecule has 0 spiro atoms. The molecule has 0 N–H and O–H groups in total. The maximum absolute atomic E-state index is 13.2. The lowest BCUT2D eigenvalue weighted by molar-refractivity contribution is -0.137. The van der Waals surface area contributed by atoms with Gasteiger partial charge in [-0.1, -0.05) is 54.2 Å². The third-order valence-corrected chi connectivity index (χ3v) is 5.68. The lowest BCUT2D eigenvalue weighted by Gasteiger charge is -2.36. The summed E-state index contributed by atoms with van der Waals surface area (Å²) in [6, 6.07) is 21.4. The van der Waals surface area contributed by atoms with E-state index in [0.29, 0.717) is 16.8 Å². The maximum atomic E-state index is 13.2. The van der Waals surface area contributed by atoms with Crippen LogP contribution in [-0.4, -0.2) is 5.91 Å². The number of benzene rings is 3. The van der Waals surface area contributed by atoms with Crippen molar-refractivity contribution in [3.05, 3.63) is 95.6 Å². The molecule has 0 bridgehead atoms. The van der Waals surface area contributed by atoms with Crippen LogP contribution in [0.15, 0.2) is 83.8 Å². The van der Waals surface area contributed by atoms with Crippen LogP contribution in [-0.2, 0) is 6.18 Å². The van der Waals surface area contributed by atoms with E-state index in [1.807, 2.05) is 42.5 Å². The van der Waals surface area contributed by atoms with E-state index in [2.05, 4.69) is 0 Å². The van der Waals surface area contributed by atoms with E-state index < -0.39 is 17.1 Å². The minimum atomic E-state index is -4.39. The molecule has 27 heavy (non-hydrogen) atoms. The van der Waals surface area contributed by atoms with Crippen molar-refractivity contribution < 1.29 is 18.0 Å². The molecule has 0 aromatic heterocycles. The van der Waals surface area contributed by atoms with Crippen molar-refractivity contribution in [2.75, 3.05) is 4.90 Å². The molecular formula is C21H14F3NOS. The SMILES string of the molecule is O=C1c2ccccc2SC(c2ccc(C(F)(F)F)cc2)N1c1ccccc1. The van der Waals surface area contributed by atoms with Gasteiger partial charge in [-0.2, -0.15) is 13.2 Å². The van der Waals surface area contributed by atoms with Crippen LogP contribution in [0.2, 0.25) is 0 Å². The van der Waals surface area contributed by atoms with Crippen LogP contribution in [0.4, 0.5) is 18.9 Å². The molecule has 0 saturated heterocycles. The Balaban J connectivity index is 1.80. The summed E-state index contributed by atoms with van der Waals surface area (Å²) in [5, 5.41) is -0.447. The maximum Gasteiger partial charge on any atom is 0.416 e. The predicted octanol–water partition coefficient (Wildman–Crippen LogP) is 6.16. The zero-order chi connectivity index (χ0) is 19.0. The fraction of sp³-hybridized carbons (Fsp3) is 0.0952. The lowest BCUT2D eigenvalue weighted by Crippen LogP contribution is -2.36. The van der Waals surface area contributed by atoms with E-state index in [4.69, 9.17) is 0 Å². The van der Waals surface area contributed by atoms with E-state index in [9.17, 15) is 18.0 Å². The van der Waals surface area contributed by atoms with Gasteiger partial charge in [-0.15, -0.1) is 0 Å². The number of halogens is 3. The van der Waals surface area contributed by atoms with Gasteiger partial charge in [0.25, 0.3) is 5.91 Å². The van der Waals surface area contributed by atoms with Crippen molar-refractivity contribution in [3.8, 4) is 0 Å². The summed E-state index contributed by atoms with van der Waals surface area (Å²) in [5.74, 6) is -0.166. The molecule has 2 nitrogen and oxygen atoms in total. The Morgan fingerprint density at radius 3 is 2.11 bits per heavy atom. The van der Waals surface area contributed by atoms with E-state index in [-0.39, 0.29) is 5.91 Å². The van der Waals surface area contributed by atoms with Crippen molar-refractivity contribution in [1.82, 2.24) is 0 Å². The largest absolute Gasteiger partial charge is 0.416 e. The molecule has 1 aliphatic rings. The van der Waals surface area contributed by atoms with E-state index in [0.717, 1.165) is 17.0 Å². The number of carbonyl (C=O) groups excluding carboxylic acids is 1. The summed E-state index contributed by atoms with van der Waals surface area (Å²) in [4.78, 5) is 15.6. The van der Waals surface area contributed by atoms with Crippen LogP contribution in [0.25, 0.3) is 0 Å². The molecular weight excluding hydrogens is 371 g/mol. The van der Waals surface area contributed by atoms with Gasteiger partial charge in [0, 0.05) is 10.6 Å². The minimum Gasteiger partial charge on any atom is -0.291 e. The molecule has 1 aliphatic heterocycles. The number of rotatable bonds is 2. The van der Waals surface area contributed by atoms with Crippen molar-refractivity contribution in [2.24, 2.45) is 0 Å². The monoisotopic (exact) mass is 385 g/mol. The molecule has 1 heterocycles. The molecule has 1 amide bonds. The highest BCUT2D eigenvalue weighted by Gasteiger charge is 2.36.